The average molecular weight is 232 g/mol. The first kappa shape index (κ1) is 10.7. The van der Waals surface area contributed by atoms with Crippen LogP contribution < -0.4 is 15.8 Å². The molecule has 2 aromatic carbocycles. The molecule has 2 rings (SSSR count). The SMILES string of the molecule is COc1cccc2c(NC(N)=S)cccc12. The molecule has 3 N–H and O–H groups in total. The summed E-state index contributed by atoms with van der Waals surface area (Å²) in [7, 11) is 1.66. The van der Waals surface area contributed by atoms with Crippen LogP contribution in [0.4, 0.5) is 5.69 Å². The second-order valence-corrected chi connectivity index (χ2v) is 3.79. The molecule has 0 aliphatic rings. The van der Waals surface area contributed by atoms with Gasteiger partial charge in [0.25, 0.3) is 0 Å². The van der Waals surface area contributed by atoms with Crippen molar-refractivity contribution in [2.45, 2.75) is 0 Å². The second-order valence-electron chi connectivity index (χ2n) is 3.35. The van der Waals surface area contributed by atoms with Gasteiger partial charge in [-0.15, -0.1) is 0 Å². The largest absolute Gasteiger partial charge is 0.496 e. The molecule has 0 heterocycles. The van der Waals surface area contributed by atoms with Gasteiger partial charge in [-0.25, -0.2) is 0 Å². The number of anilines is 1. The fourth-order valence-corrected chi connectivity index (χ4v) is 1.81. The van der Waals surface area contributed by atoms with E-state index < -0.39 is 0 Å². The van der Waals surface area contributed by atoms with E-state index in [0.29, 0.717) is 0 Å². The Bertz CT molecular complexity index is 540. The van der Waals surface area contributed by atoms with Crippen molar-refractivity contribution < 1.29 is 4.74 Å². The maximum Gasteiger partial charge on any atom is 0.168 e. The number of fused-ring (bicyclic) bond motifs is 1. The molecule has 0 bridgehead atoms. The minimum Gasteiger partial charge on any atom is -0.496 e. The van der Waals surface area contributed by atoms with Gasteiger partial charge in [-0.3, -0.25) is 0 Å². The number of nitrogens with one attached hydrogen (secondary N) is 1. The van der Waals surface area contributed by atoms with E-state index in [-0.39, 0.29) is 5.11 Å². The molecule has 0 saturated carbocycles. The molecule has 2 aromatic rings. The van der Waals surface area contributed by atoms with E-state index in [2.05, 4.69) is 5.32 Å². The summed E-state index contributed by atoms with van der Waals surface area (Å²) in [6, 6.07) is 11.7. The zero-order valence-corrected chi connectivity index (χ0v) is 9.67. The van der Waals surface area contributed by atoms with Crippen molar-refractivity contribution in [1.29, 1.82) is 0 Å². The lowest BCUT2D eigenvalue weighted by Gasteiger charge is -2.10. The van der Waals surface area contributed by atoms with Crippen LogP contribution in [-0.4, -0.2) is 12.2 Å². The number of rotatable bonds is 2. The Kier molecular flexibility index (Phi) is 2.92. The zero-order chi connectivity index (χ0) is 11.5. The fraction of sp³-hybridized carbons (Fsp3) is 0.0833. The maximum atomic E-state index is 5.48. The number of hydrogen-bond acceptors (Lipinski definition) is 2. The highest BCUT2D eigenvalue weighted by Gasteiger charge is 2.04. The standard InChI is InChI=1S/C12H12N2OS/c1-15-11-7-3-4-8-9(11)5-2-6-10(8)14-12(13)16/h2-7H,1H3,(H3,13,14,16). The van der Waals surface area contributed by atoms with Gasteiger partial charge in [0.15, 0.2) is 5.11 Å². The predicted octanol–water partition coefficient (Wildman–Crippen LogP) is 2.50. The van der Waals surface area contributed by atoms with Crippen LogP contribution in [0.1, 0.15) is 0 Å². The normalized spacial score (nSPS) is 10.1. The zero-order valence-electron chi connectivity index (χ0n) is 8.86. The third kappa shape index (κ3) is 1.92. The molecule has 0 spiro atoms. The minimum absolute atomic E-state index is 0.260. The quantitative estimate of drug-likeness (QED) is 0.781. The van der Waals surface area contributed by atoms with E-state index in [1.807, 2.05) is 36.4 Å². The van der Waals surface area contributed by atoms with E-state index in [9.17, 15) is 0 Å². The Morgan fingerprint density at radius 1 is 1.19 bits per heavy atom. The molecule has 0 fully saturated rings. The van der Waals surface area contributed by atoms with Gasteiger partial charge in [-0.1, -0.05) is 24.3 Å². The molecule has 0 atom stereocenters. The monoisotopic (exact) mass is 232 g/mol. The lowest BCUT2D eigenvalue weighted by Crippen LogP contribution is -2.18. The molecule has 0 saturated heterocycles. The molecule has 0 radical (unpaired) electrons. The van der Waals surface area contributed by atoms with Crippen LogP contribution in [-0.2, 0) is 0 Å². The van der Waals surface area contributed by atoms with Crippen molar-refractivity contribution in [3.8, 4) is 5.75 Å². The third-order valence-corrected chi connectivity index (χ3v) is 2.46. The highest BCUT2D eigenvalue weighted by atomic mass is 32.1. The summed E-state index contributed by atoms with van der Waals surface area (Å²) in [5.41, 5.74) is 6.37. The molecular formula is C12H12N2OS. The summed E-state index contributed by atoms with van der Waals surface area (Å²) in [6.45, 7) is 0. The van der Waals surface area contributed by atoms with Crippen molar-refractivity contribution >= 4 is 33.8 Å². The first-order valence-corrected chi connectivity index (χ1v) is 5.25. The predicted molar refractivity (Wildman–Crippen MR) is 70.9 cm³/mol. The minimum atomic E-state index is 0.260. The van der Waals surface area contributed by atoms with Gasteiger partial charge < -0.3 is 15.8 Å². The number of methoxy groups -OCH3 is 1. The van der Waals surface area contributed by atoms with Gasteiger partial charge in [0, 0.05) is 16.5 Å². The first-order chi connectivity index (χ1) is 7.72. The van der Waals surface area contributed by atoms with Crippen LogP contribution in [0.25, 0.3) is 10.8 Å². The molecule has 4 heteroatoms. The van der Waals surface area contributed by atoms with Crippen LogP contribution in [0.15, 0.2) is 36.4 Å². The Morgan fingerprint density at radius 2 is 1.88 bits per heavy atom. The molecule has 0 unspecified atom stereocenters. The molecule has 0 amide bonds. The van der Waals surface area contributed by atoms with Gasteiger partial charge in [0.1, 0.15) is 5.75 Å². The summed E-state index contributed by atoms with van der Waals surface area (Å²) in [5, 5.41) is 5.28. The van der Waals surface area contributed by atoms with E-state index >= 15 is 0 Å². The molecule has 16 heavy (non-hydrogen) atoms. The van der Waals surface area contributed by atoms with Crippen molar-refractivity contribution in [3.05, 3.63) is 36.4 Å². The highest BCUT2D eigenvalue weighted by molar-refractivity contribution is 7.80. The maximum absolute atomic E-state index is 5.48. The fourth-order valence-electron chi connectivity index (χ4n) is 1.70. The van der Waals surface area contributed by atoms with Gasteiger partial charge >= 0.3 is 0 Å². The van der Waals surface area contributed by atoms with Crippen molar-refractivity contribution in [2.24, 2.45) is 5.73 Å². The first-order valence-electron chi connectivity index (χ1n) is 4.84. The molecule has 82 valence electrons. The number of benzene rings is 2. The Morgan fingerprint density at radius 3 is 2.56 bits per heavy atom. The van der Waals surface area contributed by atoms with Crippen LogP contribution in [0.5, 0.6) is 5.75 Å². The topological polar surface area (TPSA) is 47.3 Å². The van der Waals surface area contributed by atoms with Gasteiger partial charge in [-0.05, 0) is 24.4 Å². The van der Waals surface area contributed by atoms with Crippen molar-refractivity contribution in [1.82, 2.24) is 0 Å². The Labute approximate surface area is 99.2 Å². The summed E-state index contributed by atoms with van der Waals surface area (Å²) < 4.78 is 5.30. The number of thiocarbonyl (C=S) groups is 1. The Balaban J connectivity index is 2.64. The van der Waals surface area contributed by atoms with E-state index in [0.717, 1.165) is 22.2 Å². The van der Waals surface area contributed by atoms with Crippen molar-refractivity contribution in [3.63, 3.8) is 0 Å². The van der Waals surface area contributed by atoms with E-state index in [1.54, 1.807) is 7.11 Å². The summed E-state index contributed by atoms with van der Waals surface area (Å²) in [6.07, 6.45) is 0. The number of nitrogens with two attached hydrogens (primary N) is 1. The van der Waals surface area contributed by atoms with Crippen LogP contribution >= 0.6 is 12.2 Å². The summed E-state index contributed by atoms with van der Waals surface area (Å²) >= 11 is 4.84. The molecule has 0 aliphatic carbocycles. The van der Waals surface area contributed by atoms with Gasteiger partial charge in [0.2, 0.25) is 0 Å². The van der Waals surface area contributed by atoms with E-state index in [4.69, 9.17) is 22.7 Å². The third-order valence-electron chi connectivity index (χ3n) is 2.36. The highest BCUT2D eigenvalue weighted by Crippen LogP contribution is 2.30. The van der Waals surface area contributed by atoms with Gasteiger partial charge in [-0.2, -0.15) is 0 Å². The average Bonchev–Trinajstić information content (AvgIpc) is 2.28. The van der Waals surface area contributed by atoms with E-state index in [1.165, 1.54) is 0 Å². The molecular weight excluding hydrogens is 220 g/mol. The lowest BCUT2D eigenvalue weighted by atomic mass is 10.1. The number of hydrogen-bond donors (Lipinski definition) is 2. The molecule has 3 nitrogen and oxygen atoms in total. The number of ether oxygens (including phenoxy) is 1. The van der Waals surface area contributed by atoms with Gasteiger partial charge in [0.05, 0.1) is 7.11 Å². The lowest BCUT2D eigenvalue weighted by molar-refractivity contribution is 0.420. The van der Waals surface area contributed by atoms with Crippen LogP contribution in [0, 0.1) is 0 Å². The smallest absolute Gasteiger partial charge is 0.168 e. The van der Waals surface area contributed by atoms with Crippen LogP contribution in [0.2, 0.25) is 0 Å². The summed E-state index contributed by atoms with van der Waals surface area (Å²) in [4.78, 5) is 0. The molecule has 0 aliphatic heterocycles. The molecule has 0 aromatic heterocycles. The van der Waals surface area contributed by atoms with Crippen LogP contribution in [0.3, 0.4) is 0 Å². The summed E-state index contributed by atoms with van der Waals surface area (Å²) in [5.74, 6) is 0.837. The van der Waals surface area contributed by atoms with Crippen molar-refractivity contribution in [2.75, 3.05) is 12.4 Å². The Hall–Kier alpha value is -1.81. The second kappa shape index (κ2) is 4.37.